The summed E-state index contributed by atoms with van der Waals surface area (Å²) >= 11 is 6.05. The maximum atomic E-state index is 12.8. The predicted octanol–water partition coefficient (Wildman–Crippen LogP) is 3.73. The first kappa shape index (κ1) is 17.6. The molecule has 1 heterocycles. The average molecular weight is 358 g/mol. The van der Waals surface area contributed by atoms with E-state index in [9.17, 15) is 14.7 Å². The summed E-state index contributed by atoms with van der Waals surface area (Å²) in [6.07, 6.45) is 0.579. The van der Waals surface area contributed by atoms with Gasteiger partial charge in [0.15, 0.2) is 11.4 Å². The first-order valence-corrected chi connectivity index (χ1v) is 8.75. The van der Waals surface area contributed by atoms with Gasteiger partial charge >= 0.3 is 0 Å². The Labute approximate surface area is 152 Å². The quantitative estimate of drug-likeness (QED) is 0.829. The van der Waals surface area contributed by atoms with Crippen molar-refractivity contribution in [3.63, 3.8) is 0 Å². The highest BCUT2D eigenvalue weighted by molar-refractivity contribution is 6.31. The van der Waals surface area contributed by atoms with E-state index in [4.69, 9.17) is 11.6 Å². The maximum Gasteiger partial charge on any atom is 0.264 e. The molecule has 0 saturated carbocycles. The van der Waals surface area contributed by atoms with Crippen molar-refractivity contribution in [2.75, 3.05) is 11.4 Å². The monoisotopic (exact) mass is 357 g/mol. The topological polar surface area (TPSA) is 57.6 Å². The van der Waals surface area contributed by atoms with Crippen molar-refractivity contribution < 1.29 is 14.7 Å². The largest absolute Gasteiger partial charge is 0.375 e. The Bertz CT molecular complexity index is 831. The second kappa shape index (κ2) is 6.62. The van der Waals surface area contributed by atoms with Crippen LogP contribution in [0.5, 0.6) is 0 Å². The van der Waals surface area contributed by atoms with Crippen molar-refractivity contribution in [2.45, 2.75) is 32.3 Å². The van der Waals surface area contributed by atoms with Crippen molar-refractivity contribution in [3.8, 4) is 0 Å². The highest BCUT2D eigenvalue weighted by Gasteiger charge is 2.50. The molecule has 3 rings (SSSR count). The summed E-state index contributed by atoms with van der Waals surface area (Å²) in [5.74, 6) is -0.756. The van der Waals surface area contributed by atoms with Gasteiger partial charge in [-0.3, -0.25) is 9.59 Å². The van der Waals surface area contributed by atoms with Crippen molar-refractivity contribution in [3.05, 3.63) is 64.2 Å². The molecule has 0 unspecified atom stereocenters. The van der Waals surface area contributed by atoms with Crippen LogP contribution < -0.4 is 4.90 Å². The molecule has 0 saturated heterocycles. The zero-order valence-electron chi connectivity index (χ0n) is 14.3. The number of benzene rings is 2. The molecular weight excluding hydrogens is 338 g/mol. The molecule has 1 atom stereocenters. The van der Waals surface area contributed by atoms with Crippen LogP contribution in [0.15, 0.2) is 42.5 Å². The van der Waals surface area contributed by atoms with Gasteiger partial charge in [-0.25, -0.2) is 0 Å². The number of likely N-dealkylation sites (N-methyl/N-ethyl adjacent to an activating group) is 1. The molecular formula is C20H20ClNO3. The lowest BCUT2D eigenvalue weighted by Crippen LogP contribution is -2.41. The molecule has 4 nitrogen and oxygen atoms in total. The number of fused-ring (bicyclic) bond motifs is 1. The van der Waals surface area contributed by atoms with Gasteiger partial charge < -0.3 is 10.0 Å². The third-order valence-electron chi connectivity index (χ3n) is 4.71. The number of carbonyl (C=O) groups excluding carboxylic acids is 2. The fourth-order valence-corrected chi connectivity index (χ4v) is 3.44. The molecule has 5 heteroatoms. The van der Waals surface area contributed by atoms with Crippen molar-refractivity contribution >= 4 is 29.0 Å². The number of hydrogen-bond acceptors (Lipinski definition) is 3. The fourth-order valence-electron chi connectivity index (χ4n) is 3.27. The number of aliphatic hydroxyl groups is 1. The number of rotatable bonds is 5. The van der Waals surface area contributed by atoms with Crippen LogP contribution in [0.2, 0.25) is 5.02 Å². The minimum atomic E-state index is -1.88. The van der Waals surface area contributed by atoms with E-state index in [1.54, 1.807) is 30.3 Å². The van der Waals surface area contributed by atoms with Crippen LogP contribution >= 0.6 is 11.6 Å². The number of amides is 1. The molecule has 0 fully saturated rings. The summed E-state index contributed by atoms with van der Waals surface area (Å²) in [7, 11) is 0. The molecule has 2 aromatic carbocycles. The van der Waals surface area contributed by atoms with E-state index in [1.165, 1.54) is 4.90 Å². The van der Waals surface area contributed by atoms with Crippen molar-refractivity contribution in [1.29, 1.82) is 0 Å². The molecule has 1 aliphatic rings. The lowest BCUT2D eigenvalue weighted by Gasteiger charge is -2.22. The van der Waals surface area contributed by atoms with E-state index in [0.717, 1.165) is 12.0 Å². The molecule has 25 heavy (non-hydrogen) atoms. The van der Waals surface area contributed by atoms with Gasteiger partial charge in [-0.1, -0.05) is 42.8 Å². The van der Waals surface area contributed by atoms with Gasteiger partial charge in [0.2, 0.25) is 0 Å². The van der Waals surface area contributed by atoms with Gasteiger partial charge in [-0.2, -0.15) is 0 Å². The molecule has 0 radical (unpaired) electrons. The van der Waals surface area contributed by atoms with E-state index in [2.05, 4.69) is 0 Å². The third kappa shape index (κ3) is 2.96. The molecule has 2 aromatic rings. The Balaban J connectivity index is 1.96. The van der Waals surface area contributed by atoms with Crippen LogP contribution in [0.1, 0.15) is 41.8 Å². The van der Waals surface area contributed by atoms with Gasteiger partial charge in [0.25, 0.3) is 5.91 Å². The fraction of sp³-hybridized carbons (Fsp3) is 0.300. The minimum Gasteiger partial charge on any atom is -0.375 e. The number of Topliss-reactive ketones (excluding diaryl/α,β-unsaturated/α-hetero) is 1. The van der Waals surface area contributed by atoms with E-state index >= 15 is 0 Å². The van der Waals surface area contributed by atoms with E-state index in [-0.39, 0.29) is 12.2 Å². The van der Waals surface area contributed by atoms with Crippen LogP contribution in [0.25, 0.3) is 0 Å². The Hall–Kier alpha value is -2.17. The zero-order valence-corrected chi connectivity index (χ0v) is 15.0. The molecule has 0 aliphatic carbocycles. The first-order chi connectivity index (χ1) is 11.9. The zero-order chi connectivity index (χ0) is 18.2. The van der Waals surface area contributed by atoms with Gasteiger partial charge in [-0.15, -0.1) is 0 Å². The summed E-state index contributed by atoms with van der Waals surface area (Å²) in [5, 5.41) is 11.5. The first-order valence-electron chi connectivity index (χ1n) is 8.37. The van der Waals surface area contributed by atoms with Crippen LogP contribution in [0.3, 0.4) is 0 Å². The normalized spacial score (nSPS) is 19.2. The number of halogens is 1. The molecule has 130 valence electrons. The molecule has 1 aliphatic heterocycles. The Morgan fingerprint density at radius 1 is 1.16 bits per heavy atom. The van der Waals surface area contributed by atoms with Crippen molar-refractivity contribution in [1.82, 2.24) is 0 Å². The predicted molar refractivity (Wildman–Crippen MR) is 98.1 cm³/mol. The van der Waals surface area contributed by atoms with Crippen molar-refractivity contribution in [2.24, 2.45) is 0 Å². The molecule has 1 amide bonds. The molecule has 0 aromatic heterocycles. The lowest BCUT2D eigenvalue weighted by atomic mass is 9.88. The smallest absolute Gasteiger partial charge is 0.264 e. The Kier molecular flexibility index (Phi) is 4.67. The highest BCUT2D eigenvalue weighted by Crippen LogP contribution is 2.43. The Morgan fingerprint density at radius 2 is 1.84 bits per heavy atom. The summed E-state index contributed by atoms with van der Waals surface area (Å²) < 4.78 is 0. The summed E-state index contributed by atoms with van der Waals surface area (Å²) in [6.45, 7) is 4.28. The standard InChI is InChI=1S/C20H20ClNO3/c1-3-13-5-7-14(8-6-13)18(23)12-20(25)16-11-15(21)9-10-17(16)22(4-2)19(20)24/h5-11,25H,3-4,12H2,1-2H3/t20-/m0/s1. The second-order valence-corrected chi connectivity index (χ2v) is 6.66. The molecule has 0 spiro atoms. The van der Waals surface area contributed by atoms with Crippen LogP contribution in [0, 0.1) is 0 Å². The number of aryl methyl sites for hydroxylation is 1. The average Bonchev–Trinajstić information content (AvgIpc) is 2.82. The summed E-state index contributed by atoms with van der Waals surface area (Å²) in [5.41, 5.74) is 0.730. The lowest BCUT2D eigenvalue weighted by molar-refractivity contribution is -0.135. The summed E-state index contributed by atoms with van der Waals surface area (Å²) in [6, 6.07) is 12.2. The van der Waals surface area contributed by atoms with Gasteiger partial charge in [0.05, 0.1) is 12.1 Å². The number of ketones is 1. The summed E-state index contributed by atoms with van der Waals surface area (Å²) in [4.78, 5) is 26.9. The number of nitrogens with zero attached hydrogens (tertiary/aromatic N) is 1. The number of carbonyl (C=O) groups is 2. The number of hydrogen-bond donors (Lipinski definition) is 1. The Morgan fingerprint density at radius 3 is 2.44 bits per heavy atom. The highest BCUT2D eigenvalue weighted by atomic mass is 35.5. The number of anilines is 1. The van der Waals surface area contributed by atoms with E-state index in [0.29, 0.717) is 28.4 Å². The van der Waals surface area contributed by atoms with Crippen LogP contribution in [-0.4, -0.2) is 23.3 Å². The van der Waals surface area contributed by atoms with Gasteiger partial charge in [-0.05, 0) is 37.1 Å². The second-order valence-electron chi connectivity index (χ2n) is 6.22. The van der Waals surface area contributed by atoms with Gasteiger partial charge in [0.1, 0.15) is 0 Å². The van der Waals surface area contributed by atoms with Crippen LogP contribution in [0.4, 0.5) is 5.69 Å². The van der Waals surface area contributed by atoms with Gasteiger partial charge in [0, 0.05) is 22.7 Å². The van der Waals surface area contributed by atoms with E-state index in [1.807, 2.05) is 26.0 Å². The third-order valence-corrected chi connectivity index (χ3v) is 4.95. The van der Waals surface area contributed by atoms with E-state index < -0.39 is 11.5 Å². The maximum absolute atomic E-state index is 12.8. The van der Waals surface area contributed by atoms with Crippen LogP contribution in [-0.2, 0) is 16.8 Å². The SMILES string of the molecule is CCc1ccc(C(=O)C[C@@]2(O)C(=O)N(CC)c3ccc(Cl)cc32)cc1. The minimum absolute atomic E-state index is 0.276. The molecule has 0 bridgehead atoms. The molecule has 1 N–H and O–H groups in total.